The van der Waals surface area contributed by atoms with Crippen LogP contribution in [0, 0.1) is 5.82 Å². The molecule has 0 aliphatic rings. The zero-order valence-electron chi connectivity index (χ0n) is 16.5. The van der Waals surface area contributed by atoms with Gasteiger partial charge in [0.15, 0.2) is 11.6 Å². The summed E-state index contributed by atoms with van der Waals surface area (Å²) in [5, 5.41) is 2.41. The van der Waals surface area contributed by atoms with Crippen LogP contribution in [0.25, 0.3) is 33.0 Å². The van der Waals surface area contributed by atoms with Gasteiger partial charge in [0, 0.05) is 0 Å². The fourth-order valence-electron chi connectivity index (χ4n) is 3.65. The molecule has 30 heavy (non-hydrogen) atoms. The van der Waals surface area contributed by atoms with Crippen LogP contribution in [0.5, 0.6) is 5.75 Å². The molecule has 0 amide bonds. The van der Waals surface area contributed by atoms with E-state index in [1.807, 2.05) is 24.3 Å². The van der Waals surface area contributed by atoms with Crippen LogP contribution in [-0.4, -0.2) is 6.61 Å². The van der Waals surface area contributed by atoms with Gasteiger partial charge < -0.3 is 4.74 Å². The Bertz CT molecular complexity index is 1170. The molecule has 0 spiro atoms. The first-order valence-corrected chi connectivity index (χ1v) is 9.91. The molecule has 4 aromatic carbocycles. The topological polar surface area (TPSA) is 9.23 Å². The molecular weight excluding hydrogens is 385 g/mol. The minimum absolute atomic E-state index is 0.455. The van der Waals surface area contributed by atoms with E-state index in [0.29, 0.717) is 5.56 Å². The minimum atomic E-state index is -3.05. The van der Waals surface area contributed by atoms with Crippen LogP contribution in [0.3, 0.4) is 0 Å². The van der Waals surface area contributed by atoms with Crippen molar-refractivity contribution in [3.8, 4) is 28.0 Å². The Morgan fingerprint density at radius 3 is 1.90 bits per heavy atom. The first-order valence-electron chi connectivity index (χ1n) is 9.91. The van der Waals surface area contributed by atoms with Crippen molar-refractivity contribution in [1.29, 1.82) is 0 Å². The van der Waals surface area contributed by atoms with Crippen molar-refractivity contribution in [2.45, 2.75) is 26.4 Å². The third-order valence-corrected chi connectivity index (χ3v) is 5.14. The van der Waals surface area contributed by atoms with Crippen molar-refractivity contribution in [1.82, 2.24) is 0 Å². The van der Waals surface area contributed by atoms with Gasteiger partial charge >= 0.3 is 6.61 Å². The normalized spacial score (nSPS) is 11.2. The monoisotopic (exact) mass is 406 g/mol. The SMILES string of the molecule is CCCc1ccc2cc(-c3ccc(-c4ccc(OC(F)F)c(F)c4)cc3)ccc2c1. The molecule has 0 atom stereocenters. The lowest BCUT2D eigenvalue weighted by molar-refractivity contribution is -0.0521. The maximum atomic E-state index is 14.0. The number of fused-ring (bicyclic) bond motifs is 1. The second-order valence-electron chi connectivity index (χ2n) is 7.25. The molecule has 1 nitrogen and oxygen atoms in total. The van der Waals surface area contributed by atoms with Crippen LogP contribution >= 0.6 is 0 Å². The average Bonchev–Trinajstić information content (AvgIpc) is 2.75. The molecule has 0 saturated carbocycles. The molecule has 0 aromatic heterocycles. The zero-order chi connectivity index (χ0) is 21.1. The molecule has 4 aromatic rings. The number of ether oxygens (including phenoxy) is 1. The summed E-state index contributed by atoms with van der Waals surface area (Å²) in [6, 6.07) is 24.7. The maximum Gasteiger partial charge on any atom is 0.387 e. The van der Waals surface area contributed by atoms with Gasteiger partial charge in [-0.05, 0) is 63.2 Å². The van der Waals surface area contributed by atoms with Crippen LogP contribution in [0.4, 0.5) is 13.2 Å². The summed E-state index contributed by atoms with van der Waals surface area (Å²) in [5.74, 6) is -1.27. The van der Waals surface area contributed by atoms with E-state index in [4.69, 9.17) is 0 Å². The average molecular weight is 406 g/mol. The van der Waals surface area contributed by atoms with E-state index in [-0.39, 0.29) is 0 Å². The van der Waals surface area contributed by atoms with E-state index in [1.54, 1.807) is 6.07 Å². The summed E-state index contributed by atoms with van der Waals surface area (Å²) in [6.45, 7) is -0.874. The second kappa shape index (κ2) is 8.62. The van der Waals surface area contributed by atoms with Crippen molar-refractivity contribution in [2.75, 3.05) is 0 Å². The molecule has 4 rings (SSSR count). The highest BCUT2D eigenvalue weighted by molar-refractivity contribution is 5.88. The first-order chi connectivity index (χ1) is 14.5. The molecule has 0 fully saturated rings. The molecule has 0 unspecified atom stereocenters. The molecule has 0 radical (unpaired) electrons. The lowest BCUT2D eigenvalue weighted by atomic mass is 9.97. The largest absolute Gasteiger partial charge is 0.432 e. The first kappa shape index (κ1) is 20.0. The van der Waals surface area contributed by atoms with Gasteiger partial charge in [0.2, 0.25) is 0 Å². The van der Waals surface area contributed by atoms with E-state index in [0.717, 1.165) is 29.5 Å². The fourth-order valence-corrected chi connectivity index (χ4v) is 3.65. The smallest absolute Gasteiger partial charge is 0.387 e. The predicted molar refractivity (Wildman–Crippen MR) is 115 cm³/mol. The summed E-state index contributed by atoms with van der Waals surface area (Å²) >= 11 is 0. The molecule has 0 bridgehead atoms. The van der Waals surface area contributed by atoms with Crippen molar-refractivity contribution < 1.29 is 17.9 Å². The van der Waals surface area contributed by atoms with E-state index >= 15 is 0 Å². The van der Waals surface area contributed by atoms with Crippen molar-refractivity contribution in [3.63, 3.8) is 0 Å². The Hall–Kier alpha value is -3.27. The summed E-state index contributed by atoms with van der Waals surface area (Å²) in [6.07, 6.45) is 2.21. The van der Waals surface area contributed by atoms with Crippen LogP contribution in [-0.2, 0) is 6.42 Å². The Balaban J connectivity index is 1.59. The highest BCUT2D eigenvalue weighted by atomic mass is 19.3. The van der Waals surface area contributed by atoms with E-state index in [1.165, 1.54) is 28.5 Å². The quantitative estimate of drug-likeness (QED) is 0.317. The number of halogens is 3. The molecule has 0 N–H and O–H groups in total. The molecule has 0 aliphatic carbocycles. The zero-order valence-corrected chi connectivity index (χ0v) is 16.5. The lowest BCUT2D eigenvalue weighted by Crippen LogP contribution is -2.03. The van der Waals surface area contributed by atoms with Gasteiger partial charge in [-0.1, -0.05) is 74.0 Å². The van der Waals surface area contributed by atoms with Crippen molar-refractivity contribution >= 4 is 10.8 Å². The van der Waals surface area contributed by atoms with Crippen LogP contribution in [0.1, 0.15) is 18.9 Å². The van der Waals surface area contributed by atoms with Gasteiger partial charge in [-0.2, -0.15) is 8.78 Å². The Kier molecular flexibility index (Phi) is 5.75. The number of alkyl halides is 2. The Morgan fingerprint density at radius 2 is 1.27 bits per heavy atom. The van der Waals surface area contributed by atoms with Gasteiger partial charge in [0.25, 0.3) is 0 Å². The molecule has 0 heterocycles. The standard InChI is InChI=1S/C26H21F3O/c1-2-3-17-4-5-22-15-21(11-10-20(22)14-17)18-6-8-19(9-7-18)23-12-13-25(24(27)16-23)30-26(28)29/h4-16,26H,2-3H2,1H3. The third-order valence-electron chi connectivity index (χ3n) is 5.14. The van der Waals surface area contributed by atoms with Crippen LogP contribution < -0.4 is 4.74 Å². The number of rotatable bonds is 6. The van der Waals surface area contributed by atoms with Crippen molar-refractivity contribution in [3.05, 3.63) is 90.2 Å². The summed E-state index contributed by atoms with van der Waals surface area (Å²) in [7, 11) is 0. The van der Waals surface area contributed by atoms with Gasteiger partial charge in [0.1, 0.15) is 0 Å². The third kappa shape index (κ3) is 4.33. The summed E-state index contributed by atoms with van der Waals surface area (Å²) in [4.78, 5) is 0. The van der Waals surface area contributed by atoms with Crippen LogP contribution in [0.2, 0.25) is 0 Å². The number of hydrogen-bond acceptors (Lipinski definition) is 1. The van der Waals surface area contributed by atoms with Gasteiger partial charge in [-0.25, -0.2) is 4.39 Å². The van der Waals surface area contributed by atoms with Crippen LogP contribution in [0.15, 0.2) is 78.9 Å². The second-order valence-corrected chi connectivity index (χ2v) is 7.25. The molecular formula is C26H21F3O. The van der Waals surface area contributed by atoms with E-state index < -0.39 is 18.2 Å². The van der Waals surface area contributed by atoms with Gasteiger partial charge in [-0.15, -0.1) is 0 Å². The van der Waals surface area contributed by atoms with Gasteiger partial charge in [-0.3, -0.25) is 0 Å². The number of aryl methyl sites for hydroxylation is 1. The van der Waals surface area contributed by atoms with Crippen molar-refractivity contribution in [2.24, 2.45) is 0 Å². The number of hydrogen-bond donors (Lipinski definition) is 0. The highest BCUT2D eigenvalue weighted by Crippen LogP contribution is 2.30. The lowest BCUT2D eigenvalue weighted by Gasteiger charge is -2.09. The fraction of sp³-hybridized carbons (Fsp3) is 0.154. The number of benzene rings is 4. The summed E-state index contributed by atoms with van der Waals surface area (Å²) < 4.78 is 42.8. The molecule has 0 saturated heterocycles. The Morgan fingerprint density at radius 1 is 0.700 bits per heavy atom. The molecule has 152 valence electrons. The molecule has 0 aliphatic heterocycles. The maximum absolute atomic E-state index is 14.0. The Labute approximate surface area is 173 Å². The predicted octanol–water partition coefficient (Wildman–Crippen LogP) is 7.87. The summed E-state index contributed by atoms with van der Waals surface area (Å²) in [5.41, 5.74) is 4.90. The minimum Gasteiger partial charge on any atom is -0.432 e. The highest BCUT2D eigenvalue weighted by Gasteiger charge is 2.11. The van der Waals surface area contributed by atoms with E-state index in [9.17, 15) is 13.2 Å². The molecule has 4 heteroatoms. The van der Waals surface area contributed by atoms with Gasteiger partial charge in [0.05, 0.1) is 0 Å². The van der Waals surface area contributed by atoms with E-state index in [2.05, 4.69) is 48.1 Å².